The van der Waals surface area contributed by atoms with Crippen molar-refractivity contribution in [2.75, 3.05) is 19.0 Å². The summed E-state index contributed by atoms with van der Waals surface area (Å²) in [5, 5.41) is 2.84. The Kier molecular flexibility index (Phi) is 7.98. The first kappa shape index (κ1) is 27.8. The lowest BCUT2D eigenvalue weighted by Gasteiger charge is -2.24. The van der Waals surface area contributed by atoms with Crippen molar-refractivity contribution >= 4 is 35.0 Å². The number of carbonyl (C=O) groups excluding carboxylic acids is 2. The molecule has 3 aromatic carbocycles. The largest absolute Gasteiger partial charge is 0.484 e. The molecule has 1 atom stereocenters. The van der Waals surface area contributed by atoms with E-state index in [1.807, 2.05) is 74.5 Å². The van der Waals surface area contributed by atoms with Crippen LogP contribution < -0.4 is 24.9 Å². The highest BCUT2D eigenvalue weighted by atomic mass is 32.1. The summed E-state index contributed by atoms with van der Waals surface area (Å²) in [6.07, 6.45) is 1.78. The second kappa shape index (κ2) is 11.8. The highest BCUT2D eigenvalue weighted by Gasteiger charge is 2.32. The minimum atomic E-state index is -0.646. The number of ether oxygens (including phenoxy) is 2. The summed E-state index contributed by atoms with van der Waals surface area (Å²) in [7, 11) is 1.32. The molecule has 1 N–H and O–H groups in total. The van der Waals surface area contributed by atoms with Crippen molar-refractivity contribution in [2.24, 2.45) is 4.99 Å². The molecule has 0 saturated carbocycles. The Labute approximate surface area is 240 Å². The standard InChI is InChI=1S/C32H29N3O5S/c1-19-10-13-24(16-20(19)2)34-27(36)18-40-25-14-11-22(12-15-25)17-26-30(37)35-29(23-8-6-5-7-9-23)28(31(38)39-4)21(3)33-32(35)41-26/h5-17,29H,18H2,1-4H3,(H,34,36)/b26-17+/t29-/m0/s1. The van der Waals surface area contributed by atoms with Gasteiger partial charge in [-0.2, -0.15) is 0 Å². The number of nitrogens with one attached hydrogen (secondary N) is 1. The zero-order valence-electron chi connectivity index (χ0n) is 23.1. The van der Waals surface area contributed by atoms with Gasteiger partial charge in [-0.3, -0.25) is 14.2 Å². The fourth-order valence-corrected chi connectivity index (χ4v) is 5.67. The molecular weight excluding hydrogens is 538 g/mol. The first-order chi connectivity index (χ1) is 19.7. The van der Waals surface area contributed by atoms with E-state index in [1.165, 1.54) is 18.4 Å². The fourth-order valence-electron chi connectivity index (χ4n) is 4.62. The Bertz CT molecular complexity index is 1840. The van der Waals surface area contributed by atoms with Crippen LogP contribution in [0.15, 0.2) is 93.9 Å². The predicted octanol–water partition coefficient (Wildman–Crippen LogP) is 4.04. The van der Waals surface area contributed by atoms with Crippen LogP contribution in [0.3, 0.4) is 0 Å². The van der Waals surface area contributed by atoms with E-state index >= 15 is 0 Å². The third-order valence-corrected chi connectivity index (χ3v) is 7.86. The number of aromatic nitrogens is 1. The van der Waals surface area contributed by atoms with E-state index in [1.54, 1.807) is 29.7 Å². The SMILES string of the molecule is COC(=O)C1=C(C)N=c2s/c(=C/c3ccc(OCC(=O)Nc4ccc(C)c(C)c4)cc3)c(=O)n2[C@H]1c1ccccc1. The van der Waals surface area contributed by atoms with Crippen LogP contribution >= 0.6 is 11.3 Å². The van der Waals surface area contributed by atoms with Crippen LogP contribution in [0.1, 0.15) is 35.2 Å². The van der Waals surface area contributed by atoms with E-state index in [0.717, 1.165) is 27.9 Å². The number of methoxy groups -OCH3 is 1. The molecule has 0 bridgehead atoms. The molecule has 0 aliphatic carbocycles. The Morgan fingerprint density at radius 1 is 1.00 bits per heavy atom. The number of fused-ring (bicyclic) bond motifs is 1. The van der Waals surface area contributed by atoms with Crippen molar-refractivity contribution in [3.8, 4) is 5.75 Å². The van der Waals surface area contributed by atoms with Gasteiger partial charge in [-0.1, -0.05) is 59.9 Å². The van der Waals surface area contributed by atoms with Crippen LogP contribution in [-0.4, -0.2) is 30.2 Å². The topological polar surface area (TPSA) is 99.0 Å². The Hall–Kier alpha value is -4.76. The summed E-state index contributed by atoms with van der Waals surface area (Å²) in [6, 6.07) is 21.6. The summed E-state index contributed by atoms with van der Waals surface area (Å²) in [4.78, 5) is 43.8. The summed E-state index contributed by atoms with van der Waals surface area (Å²) in [6.45, 7) is 5.63. The minimum absolute atomic E-state index is 0.133. The summed E-state index contributed by atoms with van der Waals surface area (Å²) >= 11 is 1.26. The molecule has 1 aliphatic heterocycles. The Morgan fingerprint density at radius 3 is 2.41 bits per heavy atom. The Balaban J connectivity index is 1.37. The lowest BCUT2D eigenvalue weighted by molar-refractivity contribution is -0.136. The van der Waals surface area contributed by atoms with Gasteiger partial charge in [0.2, 0.25) is 0 Å². The average Bonchev–Trinajstić information content (AvgIpc) is 3.27. The second-order valence-electron chi connectivity index (χ2n) is 9.69. The summed E-state index contributed by atoms with van der Waals surface area (Å²) in [5.41, 5.74) is 5.15. The van der Waals surface area contributed by atoms with E-state index < -0.39 is 12.0 Å². The van der Waals surface area contributed by atoms with Gasteiger partial charge in [0.25, 0.3) is 11.5 Å². The van der Waals surface area contributed by atoms with Gasteiger partial charge in [0.05, 0.1) is 29.0 Å². The molecule has 0 fully saturated rings. The summed E-state index contributed by atoms with van der Waals surface area (Å²) in [5.74, 6) is -0.248. The molecule has 41 heavy (non-hydrogen) atoms. The van der Waals surface area contributed by atoms with Gasteiger partial charge >= 0.3 is 5.97 Å². The maximum atomic E-state index is 13.6. The smallest absolute Gasteiger partial charge is 0.338 e. The molecule has 0 radical (unpaired) electrons. The highest BCUT2D eigenvalue weighted by Crippen LogP contribution is 2.30. The molecule has 0 spiro atoms. The van der Waals surface area contributed by atoms with E-state index in [-0.39, 0.29) is 18.1 Å². The first-order valence-corrected chi connectivity index (χ1v) is 13.8. The highest BCUT2D eigenvalue weighted by molar-refractivity contribution is 7.07. The number of carbonyl (C=O) groups is 2. The molecule has 2 heterocycles. The molecule has 5 rings (SSSR count). The van der Waals surface area contributed by atoms with E-state index in [4.69, 9.17) is 9.47 Å². The van der Waals surface area contributed by atoms with Crippen molar-refractivity contribution in [3.63, 3.8) is 0 Å². The first-order valence-electron chi connectivity index (χ1n) is 13.0. The van der Waals surface area contributed by atoms with Crippen LogP contribution in [0.5, 0.6) is 5.75 Å². The number of anilines is 1. The van der Waals surface area contributed by atoms with Gasteiger partial charge in [0.15, 0.2) is 11.4 Å². The quantitative estimate of drug-likeness (QED) is 0.340. The van der Waals surface area contributed by atoms with Crippen LogP contribution in [-0.2, 0) is 14.3 Å². The lowest BCUT2D eigenvalue weighted by Crippen LogP contribution is -2.39. The molecule has 1 aromatic heterocycles. The van der Waals surface area contributed by atoms with Crippen molar-refractivity contribution in [2.45, 2.75) is 26.8 Å². The molecule has 0 saturated heterocycles. The average molecular weight is 568 g/mol. The van der Waals surface area contributed by atoms with Crippen molar-refractivity contribution in [1.29, 1.82) is 0 Å². The molecule has 0 unspecified atom stereocenters. The third kappa shape index (κ3) is 5.90. The van der Waals surface area contributed by atoms with Crippen LogP contribution in [0, 0.1) is 13.8 Å². The molecule has 1 aliphatic rings. The van der Waals surface area contributed by atoms with Gasteiger partial charge in [0, 0.05) is 5.69 Å². The number of hydrogen-bond acceptors (Lipinski definition) is 7. The third-order valence-electron chi connectivity index (χ3n) is 6.88. The van der Waals surface area contributed by atoms with E-state index in [0.29, 0.717) is 26.4 Å². The molecule has 1 amide bonds. The molecule has 208 valence electrons. The van der Waals surface area contributed by atoms with Crippen LogP contribution in [0.2, 0.25) is 0 Å². The van der Waals surface area contributed by atoms with Gasteiger partial charge < -0.3 is 14.8 Å². The zero-order chi connectivity index (χ0) is 29.1. The minimum Gasteiger partial charge on any atom is -0.484 e. The van der Waals surface area contributed by atoms with Crippen molar-refractivity contribution in [3.05, 3.63) is 126 Å². The number of nitrogens with zero attached hydrogens (tertiary/aromatic N) is 2. The number of amides is 1. The van der Waals surface area contributed by atoms with Gasteiger partial charge in [0.1, 0.15) is 5.75 Å². The fraction of sp³-hybridized carbons (Fsp3) is 0.188. The maximum Gasteiger partial charge on any atom is 0.338 e. The Morgan fingerprint density at radius 2 is 1.73 bits per heavy atom. The van der Waals surface area contributed by atoms with Gasteiger partial charge in [-0.05, 0) is 73.4 Å². The number of hydrogen-bond donors (Lipinski definition) is 1. The molecular formula is C32H29N3O5S. The second-order valence-corrected chi connectivity index (χ2v) is 10.7. The molecule has 8 nitrogen and oxygen atoms in total. The van der Waals surface area contributed by atoms with E-state index in [2.05, 4.69) is 10.3 Å². The molecule has 4 aromatic rings. The van der Waals surface area contributed by atoms with Gasteiger partial charge in [-0.15, -0.1) is 0 Å². The van der Waals surface area contributed by atoms with Crippen LogP contribution in [0.4, 0.5) is 5.69 Å². The van der Waals surface area contributed by atoms with Gasteiger partial charge in [-0.25, -0.2) is 9.79 Å². The number of allylic oxidation sites excluding steroid dienone is 1. The number of benzene rings is 3. The summed E-state index contributed by atoms with van der Waals surface area (Å²) < 4.78 is 12.7. The number of rotatable bonds is 7. The molecule has 9 heteroatoms. The zero-order valence-corrected chi connectivity index (χ0v) is 24.0. The lowest BCUT2D eigenvalue weighted by atomic mass is 9.96. The van der Waals surface area contributed by atoms with E-state index in [9.17, 15) is 14.4 Å². The number of thiazole rings is 1. The number of esters is 1. The van der Waals surface area contributed by atoms with Crippen molar-refractivity contribution in [1.82, 2.24) is 4.57 Å². The normalized spacial score (nSPS) is 14.7. The van der Waals surface area contributed by atoms with Crippen LogP contribution in [0.25, 0.3) is 6.08 Å². The van der Waals surface area contributed by atoms with Crippen molar-refractivity contribution < 1.29 is 19.1 Å². The number of aryl methyl sites for hydroxylation is 2. The monoisotopic (exact) mass is 567 g/mol. The predicted molar refractivity (Wildman–Crippen MR) is 159 cm³/mol. The maximum absolute atomic E-state index is 13.6.